The summed E-state index contributed by atoms with van der Waals surface area (Å²) in [5.74, 6) is -0.158. The number of carbonyl (C=O) groups is 3. The molecule has 3 fully saturated rings. The fraction of sp³-hybridized carbons (Fsp3) is 0.650. The van der Waals surface area contributed by atoms with Gasteiger partial charge in [0.05, 0.1) is 6.61 Å². The summed E-state index contributed by atoms with van der Waals surface area (Å²) in [5, 5.41) is 6.55. The van der Waals surface area contributed by atoms with E-state index in [1.165, 1.54) is 0 Å². The van der Waals surface area contributed by atoms with E-state index in [1.807, 2.05) is 23.8 Å². The van der Waals surface area contributed by atoms with Crippen molar-refractivity contribution in [2.24, 2.45) is 0 Å². The molecule has 0 radical (unpaired) electrons. The number of nitrogens with zero attached hydrogens (tertiary/aromatic N) is 3. The molecule has 0 atom stereocenters. The number of thiophene rings is 1. The fourth-order valence-electron chi connectivity index (χ4n) is 4.77. The third-order valence-electron chi connectivity index (χ3n) is 6.46. The van der Waals surface area contributed by atoms with Gasteiger partial charge in [-0.25, -0.2) is 9.59 Å². The lowest BCUT2D eigenvalue weighted by molar-refractivity contribution is -0.129. The summed E-state index contributed by atoms with van der Waals surface area (Å²) in [6.45, 7) is 5.66. The molecule has 1 aromatic heterocycles. The molecule has 4 amide bonds. The highest BCUT2D eigenvalue weighted by Gasteiger charge is 2.54. The molecular weight excluding hydrogens is 392 g/mol. The van der Waals surface area contributed by atoms with E-state index >= 15 is 0 Å². The monoisotopic (exact) mass is 420 g/mol. The summed E-state index contributed by atoms with van der Waals surface area (Å²) in [6, 6.07) is 2.13. The van der Waals surface area contributed by atoms with Gasteiger partial charge >= 0.3 is 12.1 Å². The topological polar surface area (TPSA) is 82.2 Å². The van der Waals surface area contributed by atoms with Gasteiger partial charge in [0.1, 0.15) is 5.54 Å². The molecule has 1 aromatic rings. The summed E-state index contributed by atoms with van der Waals surface area (Å²) >= 11 is 1.60. The number of amides is 4. The minimum atomic E-state index is -0.735. The highest BCUT2D eigenvalue weighted by molar-refractivity contribution is 7.07. The molecule has 0 saturated carbocycles. The van der Waals surface area contributed by atoms with Crippen molar-refractivity contribution in [1.82, 2.24) is 20.0 Å². The molecule has 3 saturated heterocycles. The van der Waals surface area contributed by atoms with E-state index in [9.17, 15) is 14.4 Å². The molecule has 1 N–H and O–H groups in total. The SMILES string of the molecule is CCOC(=O)N1CCC(N2CCC3(CC2)C(=O)NC(=O)N3Cc2ccsc2)CC1. The molecule has 29 heavy (non-hydrogen) atoms. The lowest BCUT2D eigenvalue weighted by Crippen LogP contribution is -2.58. The number of piperidine rings is 2. The maximum absolute atomic E-state index is 12.7. The van der Waals surface area contributed by atoms with Crippen LogP contribution in [0.15, 0.2) is 16.8 Å². The molecular formula is C20H28N4O4S. The smallest absolute Gasteiger partial charge is 0.409 e. The van der Waals surface area contributed by atoms with Crippen LogP contribution in [0.3, 0.4) is 0 Å². The number of hydrogen-bond acceptors (Lipinski definition) is 6. The first-order valence-corrected chi connectivity index (χ1v) is 11.3. The van der Waals surface area contributed by atoms with Gasteiger partial charge in [0.15, 0.2) is 0 Å². The number of nitrogens with one attached hydrogen (secondary N) is 1. The summed E-state index contributed by atoms with van der Waals surface area (Å²) in [7, 11) is 0. The van der Waals surface area contributed by atoms with Crippen LogP contribution in [0.5, 0.6) is 0 Å². The standard InChI is InChI=1S/C20H28N4O4S/c1-2-28-19(27)23-8-3-16(4-9-23)22-10-6-20(7-11-22)17(25)21-18(26)24(20)13-15-5-12-29-14-15/h5,12,14,16H,2-4,6-11,13H2,1H3,(H,21,25,26). The van der Waals surface area contributed by atoms with E-state index in [4.69, 9.17) is 4.74 Å². The molecule has 158 valence electrons. The van der Waals surface area contributed by atoms with E-state index in [-0.39, 0.29) is 18.0 Å². The average molecular weight is 421 g/mol. The zero-order valence-corrected chi connectivity index (χ0v) is 17.6. The first-order valence-electron chi connectivity index (χ1n) is 10.3. The van der Waals surface area contributed by atoms with Gasteiger partial charge in [-0.05, 0) is 55.0 Å². The minimum absolute atomic E-state index is 0.158. The molecule has 4 heterocycles. The Bertz CT molecular complexity index is 753. The van der Waals surface area contributed by atoms with Gasteiger partial charge in [-0.3, -0.25) is 10.1 Å². The Morgan fingerprint density at radius 1 is 1.24 bits per heavy atom. The highest BCUT2D eigenvalue weighted by Crippen LogP contribution is 2.36. The van der Waals surface area contributed by atoms with E-state index in [1.54, 1.807) is 21.1 Å². The molecule has 1 spiro atoms. The van der Waals surface area contributed by atoms with E-state index in [0.29, 0.717) is 45.1 Å². The van der Waals surface area contributed by atoms with E-state index in [2.05, 4.69) is 10.2 Å². The van der Waals surface area contributed by atoms with Crippen LogP contribution in [0.1, 0.15) is 38.2 Å². The molecule has 0 aliphatic carbocycles. The molecule has 3 aliphatic heterocycles. The summed E-state index contributed by atoms with van der Waals surface area (Å²) in [4.78, 5) is 43.0. The van der Waals surface area contributed by atoms with Crippen molar-refractivity contribution in [2.45, 2.75) is 50.7 Å². The summed E-state index contributed by atoms with van der Waals surface area (Å²) < 4.78 is 5.09. The maximum Gasteiger partial charge on any atom is 0.409 e. The molecule has 8 nitrogen and oxygen atoms in total. The van der Waals surface area contributed by atoms with Crippen LogP contribution in [-0.2, 0) is 16.1 Å². The first-order chi connectivity index (χ1) is 14.0. The number of urea groups is 1. The van der Waals surface area contributed by atoms with Gasteiger partial charge in [-0.15, -0.1) is 0 Å². The van der Waals surface area contributed by atoms with Crippen LogP contribution < -0.4 is 5.32 Å². The number of ether oxygens (including phenoxy) is 1. The summed E-state index contributed by atoms with van der Waals surface area (Å²) in [5.41, 5.74) is 0.328. The minimum Gasteiger partial charge on any atom is -0.450 e. The highest BCUT2D eigenvalue weighted by atomic mass is 32.1. The van der Waals surface area contributed by atoms with Crippen molar-refractivity contribution in [2.75, 3.05) is 32.8 Å². The molecule has 0 aromatic carbocycles. The van der Waals surface area contributed by atoms with Crippen molar-refractivity contribution in [3.8, 4) is 0 Å². The van der Waals surface area contributed by atoms with Crippen LogP contribution in [0.25, 0.3) is 0 Å². The van der Waals surface area contributed by atoms with Gasteiger partial charge in [-0.2, -0.15) is 11.3 Å². The van der Waals surface area contributed by atoms with Crippen LogP contribution in [0, 0.1) is 0 Å². The normalized spacial score (nSPS) is 22.9. The third-order valence-corrected chi connectivity index (χ3v) is 7.19. The molecule has 0 unspecified atom stereocenters. The van der Waals surface area contributed by atoms with E-state index in [0.717, 1.165) is 31.5 Å². The lowest BCUT2D eigenvalue weighted by Gasteiger charge is -2.46. The van der Waals surface area contributed by atoms with Crippen molar-refractivity contribution < 1.29 is 19.1 Å². The predicted octanol–water partition coefficient (Wildman–Crippen LogP) is 2.26. The van der Waals surface area contributed by atoms with Crippen LogP contribution in [0.4, 0.5) is 9.59 Å². The number of likely N-dealkylation sites (tertiary alicyclic amines) is 2. The quantitative estimate of drug-likeness (QED) is 0.756. The van der Waals surface area contributed by atoms with Crippen LogP contribution in [0.2, 0.25) is 0 Å². The summed E-state index contributed by atoms with van der Waals surface area (Å²) in [6.07, 6.45) is 2.89. The Morgan fingerprint density at radius 2 is 1.97 bits per heavy atom. The number of hydrogen-bond donors (Lipinski definition) is 1. The average Bonchev–Trinajstić information content (AvgIpc) is 3.32. The predicted molar refractivity (Wildman–Crippen MR) is 109 cm³/mol. The molecule has 3 aliphatic rings. The Hall–Kier alpha value is -2.13. The number of rotatable bonds is 4. The lowest BCUT2D eigenvalue weighted by atomic mass is 9.84. The zero-order valence-electron chi connectivity index (χ0n) is 16.8. The van der Waals surface area contributed by atoms with Crippen LogP contribution >= 0.6 is 11.3 Å². The molecule has 4 rings (SSSR count). The van der Waals surface area contributed by atoms with Crippen molar-refractivity contribution in [3.63, 3.8) is 0 Å². The van der Waals surface area contributed by atoms with Crippen molar-refractivity contribution in [3.05, 3.63) is 22.4 Å². The second kappa shape index (κ2) is 8.31. The Kier molecular flexibility index (Phi) is 5.78. The Labute approximate surface area is 174 Å². The van der Waals surface area contributed by atoms with E-state index < -0.39 is 5.54 Å². The molecule has 0 bridgehead atoms. The van der Waals surface area contributed by atoms with Crippen molar-refractivity contribution >= 4 is 29.4 Å². The maximum atomic E-state index is 12.7. The largest absolute Gasteiger partial charge is 0.450 e. The number of imide groups is 1. The Balaban J connectivity index is 1.36. The second-order valence-corrected chi connectivity index (χ2v) is 8.74. The van der Waals surface area contributed by atoms with Crippen molar-refractivity contribution in [1.29, 1.82) is 0 Å². The van der Waals surface area contributed by atoms with Gasteiger partial charge in [0, 0.05) is 38.8 Å². The van der Waals surface area contributed by atoms with Crippen LogP contribution in [-0.4, -0.2) is 77.1 Å². The van der Waals surface area contributed by atoms with Gasteiger partial charge < -0.3 is 19.4 Å². The second-order valence-electron chi connectivity index (χ2n) is 7.96. The number of carbonyl (C=O) groups excluding carboxylic acids is 3. The Morgan fingerprint density at radius 3 is 2.59 bits per heavy atom. The van der Waals surface area contributed by atoms with Gasteiger partial charge in [-0.1, -0.05) is 0 Å². The fourth-order valence-corrected chi connectivity index (χ4v) is 5.43. The van der Waals surface area contributed by atoms with Gasteiger partial charge in [0.2, 0.25) is 0 Å². The first kappa shape index (κ1) is 20.2. The zero-order chi connectivity index (χ0) is 20.4. The van der Waals surface area contributed by atoms with Gasteiger partial charge in [0.25, 0.3) is 5.91 Å². The molecule has 9 heteroatoms. The third kappa shape index (κ3) is 3.85.